The van der Waals surface area contributed by atoms with Crippen molar-refractivity contribution >= 4 is 29.9 Å². The molecule has 0 fully saturated rings. The standard InChI is InChI=1S/C28H29F4N5O5/c1-25(2,3)41-22(38)16-10-14(12-33)19(23(39)42-26(4,5)6)36-20(16)18(30)11-15-8-9-17(29)21(35-15)27(7)28(31,32)13-40-24(34)37-27/h8-11H,13H2,1-7H3,(H2,34,37)/b18-11-/t27-/m1/s1. The fourth-order valence-corrected chi connectivity index (χ4v) is 3.69. The third-order valence-electron chi connectivity index (χ3n) is 5.63. The molecule has 3 rings (SSSR count). The van der Waals surface area contributed by atoms with Gasteiger partial charge in [0.1, 0.15) is 34.5 Å². The van der Waals surface area contributed by atoms with E-state index in [0.717, 1.165) is 25.1 Å². The van der Waals surface area contributed by atoms with Gasteiger partial charge in [-0.3, -0.25) is 0 Å². The van der Waals surface area contributed by atoms with Gasteiger partial charge in [0.2, 0.25) is 0 Å². The lowest BCUT2D eigenvalue weighted by Gasteiger charge is -2.36. The second-order valence-corrected chi connectivity index (χ2v) is 11.5. The summed E-state index contributed by atoms with van der Waals surface area (Å²) in [6, 6.07) is 3.80. The number of halogens is 4. The van der Waals surface area contributed by atoms with Crippen molar-refractivity contribution < 1.29 is 41.4 Å². The topological polar surface area (TPSA) is 150 Å². The number of hydrogen-bond donors (Lipinski definition) is 1. The normalized spacial score (nSPS) is 18.8. The minimum atomic E-state index is -3.74. The molecule has 0 saturated heterocycles. The van der Waals surface area contributed by atoms with Crippen LogP contribution in [-0.2, 0) is 19.7 Å². The van der Waals surface area contributed by atoms with E-state index in [0.29, 0.717) is 6.08 Å². The first-order valence-electron chi connectivity index (χ1n) is 12.5. The molecule has 1 aliphatic rings. The van der Waals surface area contributed by atoms with Gasteiger partial charge in [0.05, 0.1) is 16.8 Å². The average molecular weight is 592 g/mol. The van der Waals surface area contributed by atoms with E-state index in [9.17, 15) is 28.0 Å². The van der Waals surface area contributed by atoms with Crippen LogP contribution in [0, 0.1) is 17.1 Å². The fourth-order valence-electron chi connectivity index (χ4n) is 3.69. The van der Waals surface area contributed by atoms with Gasteiger partial charge in [-0.15, -0.1) is 0 Å². The number of aromatic nitrogens is 2. The Labute approximate surface area is 239 Å². The summed E-state index contributed by atoms with van der Waals surface area (Å²) in [6.07, 6.45) is 0.679. The smallest absolute Gasteiger partial charge is 0.358 e. The van der Waals surface area contributed by atoms with Crippen LogP contribution >= 0.6 is 0 Å². The Bertz CT molecular complexity index is 1540. The molecule has 1 aliphatic heterocycles. The van der Waals surface area contributed by atoms with Crippen molar-refractivity contribution in [2.24, 2.45) is 10.7 Å². The van der Waals surface area contributed by atoms with Crippen molar-refractivity contribution in [1.82, 2.24) is 9.97 Å². The molecule has 10 nitrogen and oxygen atoms in total. The van der Waals surface area contributed by atoms with Crippen LogP contribution in [0.2, 0.25) is 0 Å². The number of alkyl halides is 2. The average Bonchev–Trinajstić information content (AvgIpc) is 2.84. The fraction of sp³-hybridized carbons (Fsp3) is 0.429. The van der Waals surface area contributed by atoms with Crippen LogP contribution in [0.4, 0.5) is 17.6 Å². The summed E-state index contributed by atoms with van der Waals surface area (Å²) in [6.45, 7) is 9.04. The highest BCUT2D eigenvalue weighted by molar-refractivity contribution is 5.99. The maximum absolute atomic E-state index is 15.9. The van der Waals surface area contributed by atoms with Gasteiger partial charge in [-0.2, -0.15) is 14.0 Å². The van der Waals surface area contributed by atoms with Crippen LogP contribution < -0.4 is 5.73 Å². The SMILES string of the molecule is CC(C)(C)OC(=O)c1cc(C#N)c(C(=O)OC(C)(C)C)nc1/C(F)=C/c1ccc(F)c([C@@]2(C)N=C(N)OCC2(F)F)n1. The van der Waals surface area contributed by atoms with E-state index in [1.54, 1.807) is 47.6 Å². The summed E-state index contributed by atoms with van der Waals surface area (Å²) in [4.78, 5) is 37.2. The van der Waals surface area contributed by atoms with Crippen LogP contribution in [-0.4, -0.2) is 51.7 Å². The van der Waals surface area contributed by atoms with E-state index in [1.807, 2.05) is 0 Å². The molecule has 14 heteroatoms. The lowest BCUT2D eigenvalue weighted by molar-refractivity contribution is -0.118. The predicted octanol–water partition coefficient (Wildman–Crippen LogP) is 5.06. The first kappa shape index (κ1) is 32.0. The molecule has 3 heterocycles. The molecule has 2 N–H and O–H groups in total. The highest BCUT2D eigenvalue weighted by Crippen LogP contribution is 2.43. The van der Waals surface area contributed by atoms with Gasteiger partial charge in [-0.25, -0.2) is 33.3 Å². The molecule has 0 bridgehead atoms. The van der Waals surface area contributed by atoms with Crippen molar-refractivity contribution in [3.63, 3.8) is 0 Å². The lowest BCUT2D eigenvalue weighted by atomic mass is 9.89. The van der Waals surface area contributed by atoms with Crippen molar-refractivity contribution in [2.75, 3.05) is 6.61 Å². The number of nitriles is 1. The van der Waals surface area contributed by atoms with Crippen LogP contribution in [0.25, 0.3) is 11.9 Å². The van der Waals surface area contributed by atoms with Gasteiger partial charge in [0.15, 0.2) is 23.7 Å². The van der Waals surface area contributed by atoms with E-state index in [4.69, 9.17) is 15.2 Å². The summed E-state index contributed by atoms with van der Waals surface area (Å²) in [5.74, 6) is -8.36. The molecule has 0 radical (unpaired) electrons. The number of carbonyl (C=O) groups excluding carboxylic acids is 2. The number of esters is 2. The quantitative estimate of drug-likeness (QED) is 0.372. The third-order valence-corrected chi connectivity index (χ3v) is 5.63. The molecule has 2 aromatic rings. The number of pyridine rings is 2. The molecule has 0 unspecified atom stereocenters. The number of nitrogens with zero attached hydrogens (tertiary/aromatic N) is 4. The number of hydrogen-bond acceptors (Lipinski definition) is 10. The molecule has 0 spiro atoms. The van der Waals surface area contributed by atoms with Gasteiger partial charge in [-0.05, 0) is 66.7 Å². The van der Waals surface area contributed by atoms with Crippen molar-refractivity contribution in [3.8, 4) is 6.07 Å². The molecule has 2 aromatic heterocycles. The molecular weight excluding hydrogens is 562 g/mol. The molecule has 0 aliphatic carbocycles. The minimum absolute atomic E-state index is 0.374. The van der Waals surface area contributed by atoms with Gasteiger partial charge in [0.25, 0.3) is 6.02 Å². The van der Waals surface area contributed by atoms with E-state index < -0.39 is 87.1 Å². The summed E-state index contributed by atoms with van der Waals surface area (Å²) in [5, 5.41) is 9.64. The van der Waals surface area contributed by atoms with Crippen LogP contribution in [0.5, 0.6) is 0 Å². The van der Waals surface area contributed by atoms with Crippen LogP contribution in [0.1, 0.15) is 92.0 Å². The molecule has 0 saturated carbocycles. The maximum Gasteiger partial charge on any atom is 0.358 e. The molecule has 0 amide bonds. The highest BCUT2D eigenvalue weighted by Gasteiger charge is 2.57. The van der Waals surface area contributed by atoms with Gasteiger partial charge in [0, 0.05) is 6.08 Å². The van der Waals surface area contributed by atoms with E-state index in [1.165, 1.54) is 0 Å². The molecule has 0 aromatic carbocycles. The second kappa shape index (κ2) is 11.0. The Morgan fingerprint density at radius 2 is 1.67 bits per heavy atom. The third kappa shape index (κ3) is 6.84. The van der Waals surface area contributed by atoms with E-state index in [-0.39, 0.29) is 5.69 Å². The predicted molar refractivity (Wildman–Crippen MR) is 142 cm³/mol. The van der Waals surface area contributed by atoms with Gasteiger partial charge >= 0.3 is 17.9 Å². The van der Waals surface area contributed by atoms with Crippen molar-refractivity contribution in [3.05, 3.63) is 57.9 Å². The number of rotatable bonds is 5. The van der Waals surface area contributed by atoms with E-state index >= 15 is 4.39 Å². The lowest BCUT2D eigenvalue weighted by Crippen LogP contribution is -2.51. The molecule has 1 atom stereocenters. The Balaban J connectivity index is 2.23. The summed E-state index contributed by atoms with van der Waals surface area (Å²) in [7, 11) is 0. The van der Waals surface area contributed by atoms with Crippen LogP contribution in [0.15, 0.2) is 23.2 Å². The van der Waals surface area contributed by atoms with Crippen molar-refractivity contribution in [2.45, 2.75) is 71.1 Å². The minimum Gasteiger partial charge on any atom is -0.459 e. The Kier molecular flexibility index (Phi) is 8.40. The zero-order chi connectivity index (χ0) is 31.8. The maximum atomic E-state index is 15.9. The zero-order valence-electron chi connectivity index (χ0n) is 23.9. The monoisotopic (exact) mass is 591 g/mol. The Morgan fingerprint density at radius 3 is 2.24 bits per heavy atom. The first-order valence-corrected chi connectivity index (χ1v) is 12.5. The Morgan fingerprint density at radius 1 is 1.07 bits per heavy atom. The molecule has 224 valence electrons. The summed E-state index contributed by atoms with van der Waals surface area (Å²) >= 11 is 0. The number of nitrogens with two attached hydrogens (primary N) is 1. The Hall–Kier alpha value is -4.54. The zero-order valence-corrected chi connectivity index (χ0v) is 23.9. The molecule has 42 heavy (non-hydrogen) atoms. The van der Waals surface area contributed by atoms with E-state index in [2.05, 4.69) is 19.7 Å². The highest BCUT2D eigenvalue weighted by atomic mass is 19.3. The van der Waals surface area contributed by atoms with Crippen LogP contribution in [0.3, 0.4) is 0 Å². The first-order chi connectivity index (χ1) is 19.2. The number of ether oxygens (including phenoxy) is 3. The second-order valence-electron chi connectivity index (χ2n) is 11.5. The largest absolute Gasteiger partial charge is 0.459 e. The van der Waals surface area contributed by atoms with Crippen molar-refractivity contribution in [1.29, 1.82) is 5.26 Å². The molecular formula is C28H29F4N5O5. The summed E-state index contributed by atoms with van der Waals surface area (Å²) < 4.78 is 75.5. The summed E-state index contributed by atoms with van der Waals surface area (Å²) in [5.41, 5.74) is -2.65. The van der Waals surface area contributed by atoms with Gasteiger partial charge in [-0.1, -0.05) is 0 Å². The number of aliphatic imine (C=N–C) groups is 1. The number of amidine groups is 1. The van der Waals surface area contributed by atoms with Gasteiger partial charge < -0.3 is 19.9 Å². The number of carbonyl (C=O) groups is 2.